The molecule has 0 saturated carbocycles. The molecule has 0 spiro atoms. The van der Waals surface area contributed by atoms with Gasteiger partial charge in [0, 0.05) is 5.69 Å². The molecule has 0 aliphatic rings. The third-order valence-electron chi connectivity index (χ3n) is 1.51. The standard InChI is InChI=1S/C9H7ClN2O/c1-6-3-4-7(9(10)12-6)8(13)5-11-2/h3-4H,5H2,1H3. The van der Waals surface area contributed by atoms with Crippen molar-refractivity contribution in [1.82, 2.24) is 4.98 Å². The van der Waals surface area contributed by atoms with E-state index < -0.39 is 0 Å². The number of pyridine rings is 1. The lowest BCUT2D eigenvalue weighted by molar-refractivity contribution is 0.101. The van der Waals surface area contributed by atoms with E-state index in [9.17, 15) is 4.79 Å². The van der Waals surface area contributed by atoms with Crippen LogP contribution in [0, 0.1) is 13.5 Å². The van der Waals surface area contributed by atoms with Crippen LogP contribution >= 0.6 is 11.6 Å². The second kappa shape index (κ2) is 4.01. The third-order valence-corrected chi connectivity index (χ3v) is 1.80. The summed E-state index contributed by atoms with van der Waals surface area (Å²) >= 11 is 5.73. The summed E-state index contributed by atoms with van der Waals surface area (Å²) in [5, 5.41) is 0.175. The average Bonchev–Trinajstić information content (AvgIpc) is 2.04. The molecular weight excluding hydrogens is 188 g/mol. The van der Waals surface area contributed by atoms with E-state index in [1.54, 1.807) is 19.1 Å². The molecule has 0 amide bonds. The lowest BCUT2D eigenvalue weighted by Gasteiger charge is -1.98. The van der Waals surface area contributed by atoms with Crippen LogP contribution in [-0.2, 0) is 0 Å². The van der Waals surface area contributed by atoms with Gasteiger partial charge >= 0.3 is 0 Å². The zero-order valence-corrected chi connectivity index (χ0v) is 7.80. The smallest absolute Gasteiger partial charge is 0.276 e. The molecule has 0 aliphatic carbocycles. The fraction of sp³-hybridized carbons (Fsp3) is 0.222. The van der Waals surface area contributed by atoms with Gasteiger partial charge in [0.15, 0.2) is 0 Å². The number of hydrogen-bond donors (Lipinski definition) is 0. The van der Waals surface area contributed by atoms with Crippen LogP contribution in [0.25, 0.3) is 4.85 Å². The maximum atomic E-state index is 11.2. The van der Waals surface area contributed by atoms with E-state index in [-0.39, 0.29) is 17.5 Å². The highest BCUT2D eigenvalue weighted by molar-refractivity contribution is 6.32. The molecule has 1 rings (SSSR count). The third kappa shape index (κ3) is 2.27. The number of nitrogens with zero attached hydrogens (tertiary/aromatic N) is 2. The van der Waals surface area contributed by atoms with Crippen LogP contribution in [0.1, 0.15) is 16.1 Å². The Labute approximate surface area is 81.2 Å². The molecule has 0 saturated heterocycles. The van der Waals surface area contributed by atoms with E-state index >= 15 is 0 Å². The van der Waals surface area contributed by atoms with Gasteiger partial charge in [-0.3, -0.25) is 4.79 Å². The number of Topliss-reactive ketones (excluding diaryl/α,β-unsaturated/α-hetero) is 1. The van der Waals surface area contributed by atoms with Crippen LogP contribution in [0.5, 0.6) is 0 Å². The Morgan fingerprint density at radius 3 is 2.92 bits per heavy atom. The maximum absolute atomic E-state index is 11.2. The summed E-state index contributed by atoms with van der Waals surface area (Å²) in [5.41, 5.74) is 1.08. The first-order chi connectivity index (χ1) is 6.15. The van der Waals surface area contributed by atoms with Crippen molar-refractivity contribution in [3.63, 3.8) is 0 Å². The Hall–Kier alpha value is -1.40. The molecular formula is C9H7ClN2O. The first kappa shape index (κ1) is 9.69. The van der Waals surface area contributed by atoms with E-state index in [1.165, 1.54) is 0 Å². The Kier molecular flexibility index (Phi) is 2.99. The van der Waals surface area contributed by atoms with E-state index in [2.05, 4.69) is 9.83 Å². The maximum Gasteiger partial charge on any atom is 0.276 e. The highest BCUT2D eigenvalue weighted by Gasteiger charge is 2.13. The van der Waals surface area contributed by atoms with Gasteiger partial charge in [0.25, 0.3) is 6.54 Å². The molecule has 0 bridgehead atoms. The number of aromatic nitrogens is 1. The molecule has 1 aromatic heterocycles. The molecule has 0 fully saturated rings. The summed E-state index contributed by atoms with van der Waals surface area (Å²) in [6, 6.07) is 3.29. The molecule has 66 valence electrons. The molecule has 0 aliphatic heterocycles. The first-order valence-corrected chi connectivity index (χ1v) is 4.02. The topological polar surface area (TPSA) is 34.3 Å². The Bertz CT molecular complexity index is 382. The van der Waals surface area contributed by atoms with Gasteiger partial charge in [-0.2, -0.15) is 0 Å². The highest BCUT2D eigenvalue weighted by Crippen LogP contribution is 2.14. The molecule has 1 aromatic rings. The molecule has 0 aromatic carbocycles. The minimum absolute atomic E-state index is 0.175. The monoisotopic (exact) mass is 194 g/mol. The molecule has 13 heavy (non-hydrogen) atoms. The fourth-order valence-electron chi connectivity index (χ4n) is 0.890. The SMILES string of the molecule is [C-]#[N+]CC(=O)c1ccc(C)nc1Cl. The van der Waals surface area contributed by atoms with Crippen molar-refractivity contribution in [2.24, 2.45) is 0 Å². The second-order valence-corrected chi connectivity index (χ2v) is 2.89. The summed E-state index contributed by atoms with van der Waals surface area (Å²) in [7, 11) is 0. The molecule has 3 nitrogen and oxygen atoms in total. The van der Waals surface area contributed by atoms with Crippen molar-refractivity contribution in [2.45, 2.75) is 6.92 Å². The average molecular weight is 195 g/mol. The number of hydrogen-bond acceptors (Lipinski definition) is 2. The van der Waals surface area contributed by atoms with Crippen LogP contribution in [0.3, 0.4) is 0 Å². The number of ketones is 1. The molecule has 0 unspecified atom stereocenters. The zero-order chi connectivity index (χ0) is 9.84. The van der Waals surface area contributed by atoms with Crippen molar-refractivity contribution in [2.75, 3.05) is 6.54 Å². The second-order valence-electron chi connectivity index (χ2n) is 2.53. The van der Waals surface area contributed by atoms with Crippen LogP contribution < -0.4 is 0 Å². The van der Waals surface area contributed by atoms with Gasteiger partial charge in [0.05, 0.1) is 5.56 Å². The molecule has 1 heterocycles. The van der Waals surface area contributed by atoms with Crippen LogP contribution in [0.2, 0.25) is 5.15 Å². The van der Waals surface area contributed by atoms with E-state index in [4.69, 9.17) is 18.2 Å². The van der Waals surface area contributed by atoms with Crippen LogP contribution in [0.15, 0.2) is 12.1 Å². The van der Waals surface area contributed by atoms with E-state index in [1.807, 2.05) is 0 Å². The van der Waals surface area contributed by atoms with Gasteiger partial charge in [0.2, 0.25) is 5.78 Å². The number of halogens is 1. The summed E-state index contributed by atoms with van der Waals surface area (Å²) in [5.74, 6) is -0.285. The summed E-state index contributed by atoms with van der Waals surface area (Å²) < 4.78 is 0. The molecule has 4 heteroatoms. The predicted octanol–water partition coefficient (Wildman–Crippen LogP) is 2.15. The van der Waals surface area contributed by atoms with Gasteiger partial charge < -0.3 is 4.85 Å². The quantitative estimate of drug-likeness (QED) is 0.411. The van der Waals surface area contributed by atoms with Gasteiger partial charge in [-0.25, -0.2) is 11.6 Å². The summed E-state index contributed by atoms with van der Waals surface area (Å²) in [4.78, 5) is 18.1. The molecule has 0 N–H and O–H groups in total. The van der Waals surface area contributed by atoms with Crippen molar-refractivity contribution < 1.29 is 4.79 Å². The lowest BCUT2D eigenvalue weighted by Crippen LogP contribution is -2.04. The molecule has 0 radical (unpaired) electrons. The highest BCUT2D eigenvalue weighted by atomic mass is 35.5. The summed E-state index contributed by atoms with van der Waals surface area (Å²) in [6.07, 6.45) is 0. The van der Waals surface area contributed by atoms with Crippen molar-refractivity contribution in [3.05, 3.63) is 40.0 Å². The van der Waals surface area contributed by atoms with Crippen LogP contribution in [0.4, 0.5) is 0 Å². The number of carbonyl (C=O) groups is 1. The minimum atomic E-state index is -0.285. The number of rotatable bonds is 2. The van der Waals surface area contributed by atoms with Gasteiger partial charge in [-0.05, 0) is 19.1 Å². The van der Waals surface area contributed by atoms with Crippen molar-refractivity contribution in [3.8, 4) is 0 Å². The Morgan fingerprint density at radius 2 is 2.38 bits per heavy atom. The first-order valence-electron chi connectivity index (χ1n) is 3.64. The van der Waals surface area contributed by atoms with Gasteiger partial charge in [0.1, 0.15) is 5.15 Å². The minimum Gasteiger partial charge on any atom is -0.308 e. The largest absolute Gasteiger partial charge is 0.308 e. The van der Waals surface area contributed by atoms with E-state index in [0.717, 1.165) is 5.69 Å². The van der Waals surface area contributed by atoms with Crippen molar-refractivity contribution in [1.29, 1.82) is 0 Å². The van der Waals surface area contributed by atoms with Gasteiger partial charge in [-0.1, -0.05) is 11.6 Å². The Morgan fingerprint density at radius 1 is 1.69 bits per heavy atom. The molecule has 0 atom stereocenters. The number of carbonyl (C=O) groups excluding carboxylic acids is 1. The van der Waals surface area contributed by atoms with Crippen molar-refractivity contribution >= 4 is 17.4 Å². The van der Waals surface area contributed by atoms with Crippen LogP contribution in [-0.4, -0.2) is 17.3 Å². The van der Waals surface area contributed by atoms with E-state index in [0.29, 0.717) is 5.56 Å². The summed E-state index contributed by atoms with van der Waals surface area (Å²) in [6.45, 7) is 8.15. The van der Waals surface area contributed by atoms with Gasteiger partial charge in [-0.15, -0.1) is 0 Å². The number of aryl methyl sites for hydroxylation is 1. The zero-order valence-electron chi connectivity index (χ0n) is 7.04. The normalized spacial score (nSPS) is 9.31. The fourth-order valence-corrected chi connectivity index (χ4v) is 1.19. The Balaban J connectivity index is 3.03. The predicted molar refractivity (Wildman–Crippen MR) is 49.8 cm³/mol. The lowest BCUT2D eigenvalue weighted by atomic mass is 10.2.